The summed E-state index contributed by atoms with van der Waals surface area (Å²) in [5, 5.41) is 1.97. The lowest BCUT2D eigenvalue weighted by Crippen LogP contribution is -2.23. The van der Waals surface area contributed by atoms with E-state index in [1.165, 1.54) is 11.1 Å². The highest BCUT2D eigenvalue weighted by Crippen LogP contribution is 2.42. The van der Waals surface area contributed by atoms with Gasteiger partial charge in [-0.2, -0.15) is 0 Å². The molecule has 146 valence electrons. The molecule has 2 heterocycles. The van der Waals surface area contributed by atoms with Crippen molar-refractivity contribution in [2.24, 2.45) is 11.7 Å². The Labute approximate surface area is 169 Å². The Bertz CT molecular complexity index is 1170. The summed E-state index contributed by atoms with van der Waals surface area (Å²) in [5.41, 5.74) is 10.9. The van der Waals surface area contributed by atoms with Gasteiger partial charge in [-0.1, -0.05) is 54.6 Å². The number of benzene rings is 3. The molecule has 0 aliphatic carbocycles. The fraction of sp³-hybridized carbons (Fsp3) is 0.240. The largest absolute Gasteiger partial charge is 0.381 e. The average Bonchev–Trinajstić information content (AvgIpc) is 3.15. The monoisotopic (exact) mass is 384 g/mol. The Balaban J connectivity index is 1.79. The van der Waals surface area contributed by atoms with Crippen LogP contribution in [-0.2, 0) is 4.74 Å². The number of ether oxygens (including phenoxy) is 1. The van der Waals surface area contributed by atoms with Crippen molar-refractivity contribution in [2.75, 3.05) is 13.2 Å². The third-order valence-corrected chi connectivity index (χ3v) is 6.19. The maximum Gasteiger partial charge on any atom is 0.249 e. The Morgan fingerprint density at radius 1 is 0.966 bits per heavy atom. The molecule has 29 heavy (non-hydrogen) atoms. The number of para-hydroxylation sites is 1. The number of primary amides is 1. The Morgan fingerprint density at radius 3 is 2.45 bits per heavy atom. The van der Waals surface area contributed by atoms with Crippen LogP contribution in [-0.4, -0.2) is 24.1 Å². The molecule has 1 atom stereocenters. The average molecular weight is 384 g/mol. The van der Waals surface area contributed by atoms with Crippen LogP contribution < -0.4 is 5.73 Å². The van der Waals surface area contributed by atoms with Crippen molar-refractivity contribution in [1.29, 1.82) is 0 Å². The van der Waals surface area contributed by atoms with Gasteiger partial charge in [0.25, 0.3) is 0 Å². The van der Waals surface area contributed by atoms with Crippen LogP contribution in [0.1, 0.15) is 40.2 Å². The Morgan fingerprint density at radius 2 is 1.69 bits per heavy atom. The van der Waals surface area contributed by atoms with E-state index in [0.29, 0.717) is 11.5 Å². The minimum absolute atomic E-state index is 0.234. The SMILES string of the molecule is NC(=O)c1ccc(C(c2ccccc2)C2CCOCC2)c2[nH]c3ccccc3c12. The van der Waals surface area contributed by atoms with Crippen LogP contribution in [0.3, 0.4) is 0 Å². The van der Waals surface area contributed by atoms with Crippen LogP contribution in [0, 0.1) is 5.92 Å². The van der Waals surface area contributed by atoms with Gasteiger partial charge in [-0.05, 0) is 42.0 Å². The van der Waals surface area contributed by atoms with Gasteiger partial charge in [-0.25, -0.2) is 0 Å². The lowest BCUT2D eigenvalue weighted by Gasteiger charge is -2.31. The molecule has 0 bridgehead atoms. The number of aromatic amines is 1. The van der Waals surface area contributed by atoms with E-state index < -0.39 is 5.91 Å². The molecular formula is C25H24N2O2. The smallest absolute Gasteiger partial charge is 0.249 e. The van der Waals surface area contributed by atoms with E-state index in [1.807, 2.05) is 18.2 Å². The fourth-order valence-electron chi connectivity index (χ4n) is 4.86. The standard InChI is InChI=1S/C25H24N2O2/c26-25(28)20-11-10-19(24-23(20)18-8-4-5-9-21(18)27-24)22(16-6-2-1-3-7-16)17-12-14-29-15-13-17/h1-11,17,22,27H,12-15H2,(H2,26,28). The molecular weight excluding hydrogens is 360 g/mol. The van der Waals surface area contributed by atoms with Gasteiger partial charge in [-0.3, -0.25) is 4.79 Å². The topological polar surface area (TPSA) is 68.1 Å². The van der Waals surface area contributed by atoms with Crippen molar-refractivity contribution in [3.05, 3.63) is 83.4 Å². The van der Waals surface area contributed by atoms with Crippen molar-refractivity contribution in [2.45, 2.75) is 18.8 Å². The first-order valence-corrected chi connectivity index (χ1v) is 10.2. The molecule has 4 heteroatoms. The summed E-state index contributed by atoms with van der Waals surface area (Å²) in [5.74, 6) is 0.325. The molecule has 1 saturated heterocycles. The van der Waals surface area contributed by atoms with E-state index in [4.69, 9.17) is 10.5 Å². The molecule has 1 fully saturated rings. The second-order valence-electron chi connectivity index (χ2n) is 7.83. The highest BCUT2D eigenvalue weighted by Gasteiger charge is 2.29. The van der Waals surface area contributed by atoms with E-state index >= 15 is 0 Å². The first-order chi connectivity index (χ1) is 14.2. The molecule has 1 aromatic heterocycles. The molecule has 5 rings (SSSR count). The van der Waals surface area contributed by atoms with E-state index in [1.54, 1.807) is 0 Å². The second kappa shape index (κ2) is 7.37. The summed E-state index contributed by atoms with van der Waals surface area (Å²) in [7, 11) is 0. The number of nitrogens with two attached hydrogens (primary N) is 1. The van der Waals surface area contributed by atoms with Gasteiger partial charge in [0.1, 0.15) is 0 Å². The van der Waals surface area contributed by atoms with E-state index in [-0.39, 0.29) is 5.92 Å². The van der Waals surface area contributed by atoms with Gasteiger partial charge in [-0.15, -0.1) is 0 Å². The fourth-order valence-corrected chi connectivity index (χ4v) is 4.86. The zero-order chi connectivity index (χ0) is 19.8. The van der Waals surface area contributed by atoms with Gasteiger partial charge in [0, 0.05) is 41.0 Å². The van der Waals surface area contributed by atoms with Crippen molar-refractivity contribution in [3.8, 4) is 0 Å². The van der Waals surface area contributed by atoms with Gasteiger partial charge in [0.15, 0.2) is 0 Å². The highest BCUT2D eigenvalue weighted by molar-refractivity contribution is 6.18. The minimum atomic E-state index is -0.395. The molecule has 4 aromatic rings. The summed E-state index contributed by atoms with van der Waals surface area (Å²) in [6.07, 6.45) is 2.05. The molecule has 3 aromatic carbocycles. The molecule has 4 nitrogen and oxygen atoms in total. The maximum absolute atomic E-state index is 12.2. The first kappa shape index (κ1) is 18.0. The quantitative estimate of drug-likeness (QED) is 0.521. The van der Waals surface area contributed by atoms with Crippen LogP contribution in [0.2, 0.25) is 0 Å². The van der Waals surface area contributed by atoms with Crippen LogP contribution in [0.4, 0.5) is 0 Å². The number of amides is 1. The Kier molecular flexibility index (Phi) is 4.57. The lowest BCUT2D eigenvalue weighted by molar-refractivity contribution is 0.0617. The summed E-state index contributed by atoms with van der Waals surface area (Å²) < 4.78 is 5.64. The van der Waals surface area contributed by atoms with Crippen LogP contribution in [0.5, 0.6) is 0 Å². The molecule has 1 aliphatic heterocycles. The van der Waals surface area contributed by atoms with E-state index in [0.717, 1.165) is 47.9 Å². The zero-order valence-electron chi connectivity index (χ0n) is 16.2. The van der Waals surface area contributed by atoms with Crippen molar-refractivity contribution < 1.29 is 9.53 Å². The van der Waals surface area contributed by atoms with Gasteiger partial charge >= 0.3 is 0 Å². The minimum Gasteiger partial charge on any atom is -0.381 e. The normalized spacial score (nSPS) is 16.3. The number of carbonyl (C=O) groups excluding carboxylic acids is 1. The van der Waals surface area contributed by atoms with E-state index in [2.05, 4.69) is 53.5 Å². The van der Waals surface area contributed by atoms with Crippen molar-refractivity contribution >= 4 is 27.7 Å². The summed E-state index contributed by atoms with van der Waals surface area (Å²) in [6.45, 7) is 1.59. The maximum atomic E-state index is 12.2. The van der Waals surface area contributed by atoms with Crippen LogP contribution >= 0.6 is 0 Å². The number of H-pyrrole nitrogens is 1. The number of hydrogen-bond donors (Lipinski definition) is 2. The second-order valence-corrected chi connectivity index (χ2v) is 7.83. The number of hydrogen-bond acceptors (Lipinski definition) is 2. The summed E-state index contributed by atoms with van der Waals surface area (Å²) in [4.78, 5) is 15.8. The first-order valence-electron chi connectivity index (χ1n) is 10.2. The third-order valence-electron chi connectivity index (χ3n) is 6.19. The molecule has 3 N–H and O–H groups in total. The van der Waals surface area contributed by atoms with Gasteiger partial charge < -0.3 is 15.5 Å². The summed E-state index contributed by atoms with van der Waals surface area (Å²) in [6, 6.07) is 22.8. The number of fused-ring (bicyclic) bond motifs is 3. The highest BCUT2D eigenvalue weighted by atomic mass is 16.5. The number of aromatic nitrogens is 1. The van der Waals surface area contributed by atoms with Gasteiger partial charge in [0.2, 0.25) is 5.91 Å². The van der Waals surface area contributed by atoms with Crippen LogP contribution in [0.15, 0.2) is 66.7 Å². The Hall–Kier alpha value is -3.11. The molecule has 0 radical (unpaired) electrons. The van der Waals surface area contributed by atoms with E-state index in [9.17, 15) is 4.79 Å². The van der Waals surface area contributed by atoms with Crippen molar-refractivity contribution in [1.82, 2.24) is 4.98 Å². The van der Waals surface area contributed by atoms with Crippen LogP contribution in [0.25, 0.3) is 21.8 Å². The number of rotatable bonds is 4. The molecule has 1 aliphatic rings. The zero-order valence-corrected chi connectivity index (χ0v) is 16.2. The van der Waals surface area contributed by atoms with Crippen molar-refractivity contribution in [3.63, 3.8) is 0 Å². The number of carbonyl (C=O) groups is 1. The summed E-state index contributed by atoms with van der Waals surface area (Å²) >= 11 is 0. The van der Waals surface area contributed by atoms with Gasteiger partial charge in [0.05, 0.1) is 5.52 Å². The molecule has 1 unspecified atom stereocenters. The lowest BCUT2D eigenvalue weighted by atomic mass is 9.76. The number of nitrogens with one attached hydrogen (secondary N) is 1. The third kappa shape index (κ3) is 3.10. The molecule has 1 amide bonds. The molecule has 0 saturated carbocycles. The predicted molar refractivity (Wildman–Crippen MR) is 116 cm³/mol. The molecule has 0 spiro atoms. The predicted octanol–water partition coefficient (Wildman–Crippen LogP) is 4.98.